The van der Waals surface area contributed by atoms with Crippen molar-refractivity contribution in [3.63, 3.8) is 0 Å². The number of benzene rings is 4. The Morgan fingerprint density at radius 1 is 0.588 bits per heavy atom. The second kappa shape index (κ2) is 6.71. The van der Waals surface area contributed by atoms with Crippen LogP contribution in [0.3, 0.4) is 0 Å². The van der Waals surface area contributed by atoms with E-state index in [9.17, 15) is 0 Å². The zero-order chi connectivity index (χ0) is 23.1. The third kappa shape index (κ3) is 2.44. The Hall–Kier alpha value is -4.11. The first-order valence-corrected chi connectivity index (χ1v) is 11.7. The van der Waals surface area contributed by atoms with E-state index >= 15 is 0 Å². The lowest BCUT2D eigenvalue weighted by atomic mass is 9.93. The molecule has 0 aliphatic heterocycles. The minimum atomic E-state index is 0.919. The summed E-state index contributed by atoms with van der Waals surface area (Å²) in [4.78, 5) is 0. The summed E-state index contributed by atoms with van der Waals surface area (Å²) < 4.78 is 15.2. The van der Waals surface area contributed by atoms with Gasteiger partial charge in [-0.1, -0.05) is 36.4 Å². The van der Waals surface area contributed by atoms with Crippen molar-refractivity contribution in [1.29, 1.82) is 0 Å². The molecule has 0 N–H and O–H groups in total. The maximum Gasteiger partial charge on any atom is 0.224 e. The monoisotopic (exact) mass is 442 g/mol. The fourth-order valence-corrected chi connectivity index (χ4v) is 5.50. The first-order chi connectivity index (χ1) is 16.5. The Morgan fingerprint density at radius 3 is 1.91 bits per heavy atom. The summed E-state index contributed by atoms with van der Waals surface area (Å²) in [6.45, 7) is 6.55. The molecule has 0 spiro atoms. The van der Waals surface area contributed by atoms with E-state index in [0.717, 1.165) is 65.9 Å². The van der Waals surface area contributed by atoms with Crippen LogP contribution in [-0.2, 0) is 7.05 Å². The van der Waals surface area contributed by atoms with Gasteiger partial charge in [-0.2, -0.15) is 4.57 Å². The van der Waals surface area contributed by atoms with Crippen LogP contribution in [-0.4, -0.2) is 0 Å². The van der Waals surface area contributed by atoms with Gasteiger partial charge in [-0.25, -0.2) is 0 Å². The number of para-hydroxylation sites is 2. The predicted octanol–water partition coefficient (Wildman–Crippen LogP) is 8.06. The topological polar surface area (TPSA) is 30.2 Å². The van der Waals surface area contributed by atoms with Crippen LogP contribution in [0.1, 0.15) is 16.8 Å². The van der Waals surface area contributed by atoms with Crippen molar-refractivity contribution in [2.24, 2.45) is 7.05 Å². The third-order valence-electron chi connectivity index (χ3n) is 7.48. The highest BCUT2D eigenvalue weighted by molar-refractivity contribution is 6.18. The van der Waals surface area contributed by atoms with E-state index in [-0.39, 0.29) is 0 Å². The van der Waals surface area contributed by atoms with Crippen LogP contribution in [0, 0.1) is 20.8 Å². The molecule has 3 heteroatoms. The lowest BCUT2D eigenvalue weighted by Crippen LogP contribution is -2.35. The highest BCUT2D eigenvalue weighted by Crippen LogP contribution is 2.42. The molecule has 7 aromatic rings. The van der Waals surface area contributed by atoms with Crippen LogP contribution in [0.2, 0.25) is 0 Å². The van der Waals surface area contributed by atoms with Crippen molar-refractivity contribution in [3.05, 3.63) is 89.6 Å². The van der Waals surface area contributed by atoms with Crippen molar-refractivity contribution in [1.82, 2.24) is 0 Å². The number of nitrogens with zero attached hydrogens (tertiary/aromatic N) is 1. The van der Waals surface area contributed by atoms with Gasteiger partial charge in [0.05, 0.1) is 10.9 Å². The zero-order valence-corrected chi connectivity index (χ0v) is 19.7. The quantitative estimate of drug-likeness (QED) is 0.241. The highest BCUT2D eigenvalue weighted by atomic mass is 16.3. The van der Waals surface area contributed by atoms with E-state index < -0.39 is 0 Å². The number of pyridine rings is 1. The number of aromatic nitrogens is 1. The summed E-state index contributed by atoms with van der Waals surface area (Å²) in [6, 6.07) is 25.5. The van der Waals surface area contributed by atoms with Gasteiger partial charge in [0.25, 0.3) is 0 Å². The average molecular weight is 443 g/mol. The van der Waals surface area contributed by atoms with Gasteiger partial charge in [0, 0.05) is 39.9 Å². The molecule has 0 unspecified atom stereocenters. The number of furan rings is 2. The Kier molecular flexibility index (Phi) is 3.82. The molecule has 0 aliphatic rings. The number of hydrogen-bond acceptors (Lipinski definition) is 2. The van der Waals surface area contributed by atoms with Crippen LogP contribution in [0.5, 0.6) is 0 Å². The summed E-state index contributed by atoms with van der Waals surface area (Å²) in [5.41, 5.74) is 9.69. The van der Waals surface area contributed by atoms with Crippen LogP contribution < -0.4 is 4.57 Å². The maximum absolute atomic E-state index is 6.52. The minimum absolute atomic E-state index is 0.919. The van der Waals surface area contributed by atoms with Crippen LogP contribution in [0.4, 0.5) is 0 Å². The predicted molar refractivity (Wildman–Crippen MR) is 139 cm³/mol. The SMILES string of the molecule is Cc1cc2c(oc3ccccc32)c(-c2c3ccc4c5ccccc5oc4c3cc(C)[n+]2C)c1C. The molecule has 3 nitrogen and oxygen atoms in total. The Bertz CT molecular complexity index is 1950. The van der Waals surface area contributed by atoms with Gasteiger partial charge in [0.2, 0.25) is 5.69 Å². The second-order valence-electron chi connectivity index (χ2n) is 9.36. The van der Waals surface area contributed by atoms with Crippen LogP contribution in [0.25, 0.3) is 65.9 Å². The van der Waals surface area contributed by atoms with E-state index in [1.165, 1.54) is 16.8 Å². The minimum Gasteiger partial charge on any atom is -0.455 e. The zero-order valence-electron chi connectivity index (χ0n) is 19.7. The van der Waals surface area contributed by atoms with Crippen molar-refractivity contribution >= 4 is 54.6 Å². The van der Waals surface area contributed by atoms with Crippen molar-refractivity contribution in [2.75, 3.05) is 0 Å². The second-order valence-corrected chi connectivity index (χ2v) is 9.36. The molecule has 164 valence electrons. The fourth-order valence-electron chi connectivity index (χ4n) is 5.50. The average Bonchev–Trinajstić information content (AvgIpc) is 3.40. The van der Waals surface area contributed by atoms with Crippen molar-refractivity contribution in [3.8, 4) is 11.3 Å². The lowest BCUT2D eigenvalue weighted by molar-refractivity contribution is -0.665. The Morgan fingerprint density at radius 2 is 1.18 bits per heavy atom. The summed E-state index contributed by atoms with van der Waals surface area (Å²) in [7, 11) is 2.14. The first-order valence-electron chi connectivity index (χ1n) is 11.7. The largest absolute Gasteiger partial charge is 0.455 e. The van der Waals surface area contributed by atoms with Gasteiger partial charge < -0.3 is 8.83 Å². The van der Waals surface area contributed by atoms with Gasteiger partial charge in [-0.3, -0.25) is 0 Å². The van der Waals surface area contributed by atoms with E-state index in [1.54, 1.807) is 0 Å². The molecule has 0 amide bonds. The first kappa shape index (κ1) is 19.4. The molecule has 0 aliphatic carbocycles. The molecule has 3 aromatic heterocycles. The Balaban J connectivity index is 1.69. The molecule has 4 aromatic carbocycles. The molecule has 34 heavy (non-hydrogen) atoms. The van der Waals surface area contributed by atoms with Crippen LogP contribution >= 0.6 is 0 Å². The standard InChI is InChI=1S/C31H24NO2/c1-17-15-24-21-10-6-8-12-27(21)34-31(24)28(19(17)3)29-22-13-14-23-20-9-5-7-11-26(20)33-30(23)25(22)16-18(2)32(29)4/h5-16H,1-4H3/q+1. The Labute approximate surface area is 196 Å². The molecule has 3 heterocycles. The molecule has 0 fully saturated rings. The molecule has 0 saturated carbocycles. The van der Waals surface area contributed by atoms with E-state index in [2.05, 4.69) is 87.0 Å². The summed E-state index contributed by atoms with van der Waals surface area (Å²) >= 11 is 0. The van der Waals surface area contributed by atoms with Gasteiger partial charge in [0.1, 0.15) is 29.4 Å². The van der Waals surface area contributed by atoms with Gasteiger partial charge in [-0.05, 0) is 55.3 Å². The van der Waals surface area contributed by atoms with Gasteiger partial charge in [-0.15, -0.1) is 0 Å². The van der Waals surface area contributed by atoms with Gasteiger partial charge in [0.15, 0.2) is 5.69 Å². The van der Waals surface area contributed by atoms with Crippen molar-refractivity contribution in [2.45, 2.75) is 20.8 Å². The fraction of sp³-hybridized carbons (Fsp3) is 0.129. The molecule has 0 radical (unpaired) electrons. The molecule has 0 bridgehead atoms. The number of rotatable bonds is 1. The van der Waals surface area contributed by atoms with E-state index in [0.29, 0.717) is 0 Å². The molecule has 0 atom stereocenters. The number of fused-ring (bicyclic) bond motifs is 8. The molecule has 7 rings (SSSR count). The number of aryl methyl sites for hydroxylation is 2. The molecular formula is C31H24NO2+. The third-order valence-corrected chi connectivity index (χ3v) is 7.48. The number of hydrogen-bond donors (Lipinski definition) is 0. The maximum atomic E-state index is 6.52. The smallest absolute Gasteiger partial charge is 0.224 e. The lowest BCUT2D eigenvalue weighted by Gasteiger charge is -2.12. The highest BCUT2D eigenvalue weighted by Gasteiger charge is 2.27. The summed E-state index contributed by atoms with van der Waals surface area (Å²) in [5, 5.41) is 6.91. The van der Waals surface area contributed by atoms with Gasteiger partial charge >= 0.3 is 0 Å². The van der Waals surface area contributed by atoms with E-state index in [4.69, 9.17) is 8.83 Å². The summed E-state index contributed by atoms with van der Waals surface area (Å²) in [6.07, 6.45) is 0. The van der Waals surface area contributed by atoms with Crippen LogP contribution in [0.15, 0.2) is 81.6 Å². The van der Waals surface area contributed by atoms with E-state index in [1.807, 2.05) is 18.2 Å². The molecule has 0 saturated heterocycles. The summed E-state index contributed by atoms with van der Waals surface area (Å²) in [5.74, 6) is 0. The van der Waals surface area contributed by atoms with Crippen molar-refractivity contribution < 1.29 is 13.4 Å². The normalized spacial score (nSPS) is 12.1. The molecular weight excluding hydrogens is 418 g/mol.